The van der Waals surface area contributed by atoms with Gasteiger partial charge in [-0.25, -0.2) is 0 Å². The van der Waals surface area contributed by atoms with E-state index in [1.54, 1.807) is 12.1 Å². The minimum absolute atomic E-state index is 0.420. The van der Waals surface area contributed by atoms with Gasteiger partial charge in [0.05, 0.1) is 0 Å². The number of benzene rings is 1. The van der Waals surface area contributed by atoms with Gasteiger partial charge in [0.2, 0.25) is 5.78 Å². The van der Waals surface area contributed by atoms with Crippen LogP contribution in [0.4, 0.5) is 0 Å². The molecule has 0 aromatic heterocycles. The standard InChI is InChI=1S/C14H14O3/c1-11(15)17-14(2,3)13(16)10-9-12-7-5-4-6-8-12/h4-8H,1-3H3. The summed E-state index contributed by atoms with van der Waals surface area (Å²) in [6.07, 6.45) is 0. The van der Waals surface area contributed by atoms with Crippen LogP contribution in [0, 0.1) is 11.8 Å². The molecule has 0 spiro atoms. The van der Waals surface area contributed by atoms with Crippen molar-refractivity contribution in [1.29, 1.82) is 0 Å². The summed E-state index contributed by atoms with van der Waals surface area (Å²) < 4.78 is 4.90. The third-order valence-corrected chi connectivity index (χ3v) is 2.04. The number of ether oxygens (including phenoxy) is 1. The molecule has 0 radical (unpaired) electrons. The number of carbonyl (C=O) groups is 2. The van der Waals surface area contributed by atoms with Crippen LogP contribution in [0.5, 0.6) is 0 Å². The van der Waals surface area contributed by atoms with Gasteiger partial charge in [-0.3, -0.25) is 9.59 Å². The number of esters is 1. The maximum Gasteiger partial charge on any atom is 0.303 e. The van der Waals surface area contributed by atoms with Crippen molar-refractivity contribution in [3.8, 4) is 11.8 Å². The number of hydrogen-bond donors (Lipinski definition) is 0. The monoisotopic (exact) mass is 230 g/mol. The lowest BCUT2D eigenvalue weighted by Crippen LogP contribution is -2.35. The second-order valence-electron chi connectivity index (χ2n) is 4.05. The minimum atomic E-state index is -1.20. The Bertz CT molecular complexity index is 475. The molecule has 0 aliphatic rings. The smallest absolute Gasteiger partial charge is 0.303 e. The van der Waals surface area contributed by atoms with Gasteiger partial charge in [-0.15, -0.1) is 0 Å². The third-order valence-electron chi connectivity index (χ3n) is 2.04. The van der Waals surface area contributed by atoms with Gasteiger partial charge in [-0.05, 0) is 31.9 Å². The highest BCUT2D eigenvalue weighted by molar-refractivity contribution is 6.02. The maximum atomic E-state index is 11.7. The largest absolute Gasteiger partial charge is 0.451 e. The van der Waals surface area contributed by atoms with Crippen LogP contribution in [0.25, 0.3) is 0 Å². The second-order valence-corrected chi connectivity index (χ2v) is 4.05. The van der Waals surface area contributed by atoms with E-state index in [1.165, 1.54) is 20.8 Å². The fourth-order valence-electron chi connectivity index (χ4n) is 1.21. The molecule has 0 aliphatic heterocycles. The molecular formula is C14H14O3. The van der Waals surface area contributed by atoms with Gasteiger partial charge in [0.25, 0.3) is 0 Å². The number of rotatable bonds is 2. The second kappa shape index (κ2) is 5.31. The molecule has 0 heterocycles. The van der Waals surface area contributed by atoms with Crippen LogP contribution in [0.15, 0.2) is 30.3 Å². The Kier molecular flexibility index (Phi) is 4.06. The highest BCUT2D eigenvalue weighted by atomic mass is 16.6. The summed E-state index contributed by atoms with van der Waals surface area (Å²) in [5, 5.41) is 0. The first-order valence-electron chi connectivity index (χ1n) is 5.23. The van der Waals surface area contributed by atoms with Gasteiger partial charge in [0.15, 0.2) is 5.60 Å². The Labute approximate surface area is 101 Å². The minimum Gasteiger partial charge on any atom is -0.451 e. The summed E-state index contributed by atoms with van der Waals surface area (Å²) in [5.41, 5.74) is -0.451. The van der Waals surface area contributed by atoms with Crippen molar-refractivity contribution in [2.75, 3.05) is 0 Å². The van der Waals surface area contributed by atoms with E-state index >= 15 is 0 Å². The van der Waals surface area contributed by atoms with E-state index < -0.39 is 17.4 Å². The summed E-state index contributed by atoms with van der Waals surface area (Å²) in [4.78, 5) is 22.5. The van der Waals surface area contributed by atoms with Crippen LogP contribution in [0.2, 0.25) is 0 Å². The average molecular weight is 230 g/mol. The first-order valence-corrected chi connectivity index (χ1v) is 5.23. The SMILES string of the molecule is CC(=O)OC(C)(C)C(=O)C#Cc1ccccc1. The predicted octanol–water partition coefficient (Wildman–Crippen LogP) is 1.95. The summed E-state index contributed by atoms with van der Waals surface area (Å²) in [5.74, 6) is 4.30. The first kappa shape index (κ1) is 13.0. The Hall–Kier alpha value is -2.08. The fourth-order valence-corrected chi connectivity index (χ4v) is 1.21. The first-order chi connectivity index (χ1) is 7.92. The zero-order valence-corrected chi connectivity index (χ0v) is 10.1. The van der Waals surface area contributed by atoms with Gasteiger partial charge in [-0.1, -0.05) is 24.1 Å². The molecule has 0 fully saturated rings. The number of Topliss-reactive ketones (excluding diaryl/α,β-unsaturated/α-hetero) is 1. The molecule has 1 aromatic rings. The zero-order valence-electron chi connectivity index (χ0n) is 10.1. The molecule has 1 rings (SSSR count). The Balaban J connectivity index is 2.80. The topological polar surface area (TPSA) is 43.4 Å². The van der Waals surface area contributed by atoms with Gasteiger partial charge >= 0.3 is 5.97 Å². The quantitative estimate of drug-likeness (QED) is 0.576. The van der Waals surface area contributed by atoms with Crippen molar-refractivity contribution in [3.63, 3.8) is 0 Å². The van der Waals surface area contributed by atoms with Crippen LogP contribution >= 0.6 is 0 Å². The van der Waals surface area contributed by atoms with Crippen molar-refractivity contribution >= 4 is 11.8 Å². The molecular weight excluding hydrogens is 216 g/mol. The Morgan fingerprint density at radius 1 is 1.18 bits per heavy atom. The van der Waals surface area contributed by atoms with E-state index in [9.17, 15) is 9.59 Å². The van der Waals surface area contributed by atoms with E-state index in [-0.39, 0.29) is 0 Å². The van der Waals surface area contributed by atoms with E-state index in [0.717, 1.165) is 5.56 Å². The van der Waals surface area contributed by atoms with Gasteiger partial charge in [-0.2, -0.15) is 0 Å². The van der Waals surface area contributed by atoms with E-state index in [0.29, 0.717) is 0 Å². The lowest BCUT2D eigenvalue weighted by atomic mass is 10.0. The highest BCUT2D eigenvalue weighted by Gasteiger charge is 2.29. The fraction of sp³-hybridized carbons (Fsp3) is 0.286. The van der Waals surface area contributed by atoms with Crippen LogP contribution in [-0.4, -0.2) is 17.4 Å². The molecule has 0 saturated heterocycles. The van der Waals surface area contributed by atoms with Crippen LogP contribution in [-0.2, 0) is 14.3 Å². The zero-order chi connectivity index (χ0) is 12.9. The van der Waals surface area contributed by atoms with Crippen LogP contribution in [0.1, 0.15) is 26.3 Å². The molecule has 0 amide bonds. The lowest BCUT2D eigenvalue weighted by molar-refractivity contribution is -0.159. The van der Waals surface area contributed by atoms with Crippen molar-refractivity contribution < 1.29 is 14.3 Å². The van der Waals surface area contributed by atoms with Gasteiger partial charge in [0, 0.05) is 12.5 Å². The average Bonchev–Trinajstić information content (AvgIpc) is 2.25. The molecule has 0 atom stereocenters. The molecule has 1 aromatic carbocycles. The molecule has 0 aliphatic carbocycles. The number of ketones is 1. The van der Waals surface area contributed by atoms with Crippen molar-refractivity contribution in [3.05, 3.63) is 35.9 Å². The maximum absolute atomic E-state index is 11.7. The van der Waals surface area contributed by atoms with Crippen LogP contribution < -0.4 is 0 Å². The molecule has 88 valence electrons. The van der Waals surface area contributed by atoms with Gasteiger partial charge < -0.3 is 4.74 Å². The van der Waals surface area contributed by atoms with E-state index in [2.05, 4.69) is 11.8 Å². The number of hydrogen-bond acceptors (Lipinski definition) is 3. The van der Waals surface area contributed by atoms with Crippen LogP contribution in [0.3, 0.4) is 0 Å². The summed E-state index contributed by atoms with van der Waals surface area (Å²) in [6.45, 7) is 4.31. The Morgan fingerprint density at radius 2 is 1.76 bits per heavy atom. The predicted molar refractivity (Wildman–Crippen MR) is 64.2 cm³/mol. The Morgan fingerprint density at radius 3 is 2.29 bits per heavy atom. The van der Waals surface area contributed by atoms with E-state index in [4.69, 9.17) is 4.74 Å². The van der Waals surface area contributed by atoms with Crippen molar-refractivity contribution in [1.82, 2.24) is 0 Å². The highest BCUT2D eigenvalue weighted by Crippen LogP contribution is 2.10. The van der Waals surface area contributed by atoms with Gasteiger partial charge in [0.1, 0.15) is 0 Å². The molecule has 3 nitrogen and oxygen atoms in total. The van der Waals surface area contributed by atoms with E-state index in [1.807, 2.05) is 18.2 Å². The summed E-state index contributed by atoms with van der Waals surface area (Å²) in [6, 6.07) is 9.16. The summed E-state index contributed by atoms with van der Waals surface area (Å²) >= 11 is 0. The third kappa shape index (κ3) is 4.12. The van der Waals surface area contributed by atoms with Crippen molar-refractivity contribution in [2.24, 2.45) is 0 Å². The molecule has 17 heavy (non-hydrogen) atoms. The normalized spacial score (nSPS) is 10.1. The van der Waals surface area contributed by atoms with Crippen molar-refractivity contribution in [2.45, 2.75) is 26.4 Å². The summed E-state index contributed by atoms with van der Waals surface area (Å²) in [7, 11) is 0. The molecule has 0 saturated carbocycles. The molecule has 3 heteroatoms. The molecule has 0 unspecified atom stereocenters. The lowest BCUT2D eigenvalue weighted by Gasteiger charge is -2.19. The number of carbonyl (C=O) groups excluding carboxylic acids is 2. The molecule has 0 bridgehead atoms. The molecule has 0 N–H and O–H groups in total.